The molecule has 3 aromatic rings. The van der Waals surface area contributed by atoms with E-state index < -0.39 is 101 Å². The van der Waals surface area contributed by atoms with Crippen molar-refractivity contribution in [3.8, 4) is 0 Å². The van der Waals surface area contributed by atoms with Gasteiger partial charge >= 0.3 is 0 Å². The molecular weight excluding hydrogens is 929 g/mol. The molecule has 1 saturated heterocycles. The number of carbonyl (C=O) groups excluding carboxylic acids is 9. The van der Waals surface area contributed by atoms with Gasteiger partial charge in [-0.25, -0.2) is 0 Å². The van der Waals surface area contributed by atoms with Gasteiger partial charge < -0.3 is 65.6 Å². The summed E-state index contributed by atoms with van der Waals surface area (Å²) in [6.07, 6.45) is 1.91. The van der Waals surface area contributed by atoms with E-state index >= 15 is 0 Å². The number of nitrogens with zero attached hydrogens (tertiary/aromatic N) is 2. The van der Waals surface area contributed by atoms with Gasteiger partial charge in [0.15, 0.2) is 17.7 Å². The molecule has 0 saturated carbocycles. The Balaban J connectivity index is 1.71. The van der Waals surface area contributed by atoms with Gasteiger partial charge in [0, 0.05) is 68.3 Å². The van der Waals surface area contributed by atoms with Gasteiger partial charge in [0.05, 0.1) is 12.5 Å². The number of nitrogens with two attached hydrogens (primary N) is 5. The lowest BCUT2D eigenvalue weighted by atomic mass is 9.83. The third-order valence-electron chi connectivity index (χ3n) is 12.2. The summed E-state index contributed by atoms with van der Waals surface area (Å²) in [7, 11) is 0. The van der Waals surface area contributed by atoms with Crippen LogP contribution in [0, 0.1) is 11.8 Å². The third kappa shape index (κ3) is 19.2. The number of hydrogen-bond donors (Lipinski definition) is 12. The zero-order chi connectivity index (χ0) is 52.7. The van der Waals surface area contributed by atoms with Crippen molar-refractivity contribution in [2.45, 2.75) is 121 Å². The van der Waals surface area contributed by atoms with Crippen molar-refractivity contribution >= 4 is 75.7 Å². The molecule has 0 aliphatic carbocycles. The van der Waals surface area contributed by atoms with Gasteiger partial charge in [0.2, 0.25) is 41.4 Å². The minimum atomic E-state index is -1.57. The molecule has 7 amide bonds. The number of aromatic nitrogens is 1. The molecule has 1 aliphatic rings. The summed E-state index contributed by atoms with van der Waals surface area (Å²) in [5.74, 6) is -8.47. The molecule has 1 fully saturated rings. The predicted octanol–water partition coefficient (Wildman–Crippen LogP) is -1.15. The minimum Gasteiger partial charge on any atom is -0.370 e. The van der Waals surface area contributed by atoms with Crippen LogP contribution in [0.2, 0.25) is 0 Å². The normalized spacial score (nSPS) is 21.7. The number of benzene rings is 2. The van der Waals surface area contributed by atoms with Crippen LogP contribution >= 0.6 is 0 Å². The summed E-state index contributed by atoms with van der Waals surface area (Å²) in [6, 6.07) is 9.80. The van der Waals surface area contributed by atoms with E-state index in [1.165, 1.54) is 13.8 Å². The number of rotatable bonds is 16. The predicted molar refractivity (Wildman–Crippen MR) is 270 cm³/mol. The maximum atomic E-state index is 14.6. The molecule has 23 nitrogen and oxygen atoms in total. The molecule has 17 N–H and O–H groups in total. The fourth-order valence-electron chi connectivity index (χ4n) is 8.35. The van der Waals surface area contributed by atoms with Crippen molar-refractivity contribution < 1.29 is 43.2 Å². The van der Waals surface area contributed by atoms with Crippen molar-refractivity contribution in [1.29, 1.82) is 0 Å². The zero-order valence-electron chi connectivity index (χ0n) is 40.9. The lowest BCUT2D eigenvalue weighted by Crippen LogP contribution is -2.58. The van der Waals surface area contributed by atoms with E-state index in [4.69, 9.17) is 28.7 Å². The number of hydrogen-bond acceptors (Lipinski definition) is 11. The Hall–Kier alpha value is -7.85. The van der Waals surface area contributed by atoms with Gasteiger partial charge in [-0.15, -0.1) is 0 Å². The molecule has 0 unspecified atom stereocenters. The van der Waals surface area contributed by atoms with E-state index in [0.717, 1.165) is 16.5 Å². The number of para-hydroxylation sites is 1. The summed E-state index contributed by atoms with van der Waals surface area (Å²) in [6.45, 7) is 2.88. The number of nitrogens with one attached hydrogen (secondary N) is 7. The highest BCUT2D eigenvalue weighted by molar-refractivity contribution is 5.99. The first-order valence-corrected chi connectivity index (χ1v) is 24.1. The van der Waals surface area contributed by atoms with Crippen LogP contribution in [0.3, 0.4) is 0 Å². The smallest absolute Gasteiger partial charge is 0.243 e. The van der Waals surface area contributed by atoms with Crippen molar-refractivity contribution in [3.05, 3.63) is 71.9 Å². The van der Waals surface area contributed by atoms with Gasteiger partial charge in [-0.2, -0.15) is 0 Å². The van der Waals surface area contributed by atoms with Crippen LogP contribution in [0.1, 0.15) is 89.2 Å². The van der Waals surface area contributed by atoms with E-state index in [2.05, 4.69) is 46.9 Å². The second-order valence-corrected chi connectivity index (χ2v) is 18.0. The van der Waals surface area contributed by atoms with Crippen LogP contribution in [0.5, 0.6) is 0 Å². The molecule has 2 aromatic carbocycles. The molecule has 7 atom stereocenters. The van der Waals surface area contributed by atoms with Crippen molar-refractivity contribution in [3.63, 3.8) is 0 Å². The standard InChI is InChI=1S/C49H70N14O9/c1-28-44(69)62-38(22-30-12-4-3-5-13-30)41(66)24-31(14-10-20-56-48(51)52)40(65)25-32(23-33-27-58-35-16-7-6-15-34(33)35)45(70)61-36(43(50)68)17-8-9-19-55-42(67)26-39(47(72)59-28)63-46(71)37(60-29(2)64)18-11-21-57-49(53)54/h3-7,12-13,15-16,27-28,31-32,36-39,58H,8-11,14,17-26H2,1-2H3,(H2,50,68)(H,55,67)(H,59,72)(H,60,64)(H,61,70)(H,62,69)(H,63,71)(H4,51,52,56)(H4,53,54,57)/t28-,31+,32+,36-,37-,38+,39-/m0/s1. The SMILES string of the molecule is CC(=O)N[C@@H](CCCN=C(N)N)C(=O)N[C@H]1CC(=O)NCCCC[C@@H](C(N)=O)NC(=O)[C@H](Cc2c[nH]c3ccccc23)CC(=O)[C@H](CCCN=C(N)N)CC(=O)[C@@H](Cc2ccccc2)NC(=O)[C@H](C)NC1=O. The van der Waals surface area contributed by atoms with Crippen LogP contribution in [-0.4, -0.2) is 120 Å². The first kappa shape index (κ1) is 56.7. The Morgan fingerprint density at radius 3 is 2.08 bits per heavy atom. The maximum absolute atomic E-state index is 14.6. The largest absolute Gasteiger partial charge is 0.370 e. The number of amides is 7. The fourth-order valence-corrected chi connectivity index (χ4v) is 8.35. The van der Waals surface area contributed by atoms with Crippen LogP contribution < -0.4 is 60.6 Å². The topological polar surface area (TPSA) is 396 Å². The number of ketones is 2. The average Bonchev–Trinajstić information content (AvgIpc) is 3.74. The highest BCUT2D eigenvalue weighted by atomic mass is 16.2. The Labute approximate surface area is 417 Å². The van der Waals surface area contributed by atoms with Crippen LogP contribution in [-0.2, 0) is 56.0 Å². The van der Waals surface area contributed by atoms with Crippen molar-refractivity contribution in [2.24, 2.45) is 50.5 Å². The summed E-state index contributed by atoms with van der Waals surface area (Å²) < 4.78 is 0. The van der Waals surface area contributed by atoms with E-state index in [1.54, 1.807) is 36.5 Å². The zero-order valence-corrected chi connectivity index (χ0v) is 40.9. The van der Waals surface area contributed by atoms with Crippen LogP contribution in [0.25, 0.3) is 10.9 Å². The summed E-state index contributed by atoms with van der Waals surface area (Å²) in [4.78, 5) is 135. The van der Waals surface area contributed by atoms with E-state index in [1.807, 2.05) is 24.3 Å². The molecule has 72 heavy (non-hydrogen) atoms. The first-order chi connectivity index (χ1) is 34.3. The fraction of sp³-hybridized carbons (Fsp3) is 0.490. The van der Waals surface area contributed by atoms with Crippen LogP contribution in [0.4, 0.5) is 0 Å². The summed E-state index contributed by atoms with van der Waals surface area (Å²) >= 11 is 0. The Morgan fingerprint density at radius 2 is 1.40 bits per heavy atom. The minimum absolute atomic E-state index is 0.00628. The van der Waals surface area contributed by atoms with E-state index in [0.29, 0.717) is 12.0 Å². The van der Waals surface area contributed by atoms with Gasteiger partial charge in [-0.05, 0) is 81.9 Å². The number of carbonyl (C=O) groups is 9. The highest BCUT2D eigenvalue weighted by Crippen LogP contribution is 2.26. The molecule has 1 aromatic heterocycles. The number of Topliss-reactive ketones (excluding diaryl/α,β-unsaturated/α-hetero) is 2. The van der Waals surface area contributed by atoms with Crippen molar-refractivity contribution in [1.82, 2.24) is 36.9 Å². The van der Waals surface area contributed by atoms with Crippen LogP contribution in [0.15, 0.2) is 70.8 Å². The molecule has 0 spiro atoms. The average molecular weight is 999 g/mol. The second-order valence-electron chi connectivity index (χ2n) is 18.0. The highest BCUT2D eigenvalue weighted by Gasteiger charge is 2.35. The molecule has 2 heterocycles. The van der Waals surface area contributed by atoms with Gasteiger partial charge in [-0.1, -0.05) is 48.5 Å². The summed E-state index contributed by atoms with van der Waals surface area (Å²) in [5.41, 5.74) is 30.0. The molecule has 23 heteroatoms. The van der Waals surface area contributed by atoms with Crippen molar-refractivity contribution in [2.75, 3.05) is 19.6 Å². The first-order valence-electron chi connectivity index (χ1n) is 24.1. The van der Waals surface area contributed by atoms with Gasteiger partial charge in [-0.3, -0.25) is 53.1 Å². The monoisotopic (exact) mass is 999 g/mol. The molecule has 0 radical (unpaired) electrons. The van der Waals surface area contributed by atoms with E-state index in [9.17, 15) is 43.2 Å². The molecular formula is C49H70N14O9. The van der Waals surface area contributed by atoms with Gasteiger partial charge in [0.1, 0.15) is 30.0 Å². The molecule has 4 rings (SSSR count). The number of primary amides is 1. The molecule has 390 valence electrons. The molecule has 0 bridgehead atoms. The quantitative estimate of drug-likeness (QED) is 0.0459. The summed E-state index contributed by atoms with van der Waals surface area (Å²) in [5, 5.41) is 16.6. The lowest BCUT2D eigenvalue weighted by molar-refractivity contribution is -0.136. The third-order valence-corrected chi connectivity index (χ3v) is 12.2. The lowest BCUT2D eigenvalue weighted by Gasteiger charge is -2.26. The number of H-pyrrole nitrogens is 1. The number of guanidine groups is 2. The second kappa shape index (κ2) is 28.7. The molecule has 1 aliphatic heterocycles. The van der Waals surface area contributed by atoms with E-state index in [-0.39, 0.29) is 95.8 Å². The van der Waals surface area contributed by atoms with Gasteiger partial charge in [0.25, 0.3) is 0 Å². The number of aliphatic imine (C=N–C) groups is 2. The number of fused-ring (bicyclic) bond motifs is 1. The maximum Gasteiger partial charge on any atom is 0.243 e. The Kier molecular flexibility index (Phi) is 22.6. The Morgan fingerprint density at radius 1 is 0.736 bits per heavy atom. The Bertz CT molecular complexity index is 2430. The number of aromatic amines is 1.